The molecular formula is C24H21N3O3. The number of fused-ring (bicyclic) bond motifs is 1. The van der Waals surface area contributed by atoms with Crippen molar-refractivity contribution in [2.75, 3.05) is 5.32 Å². The number of ether oxygens (including phenoxy) is 1. The van der Waals surface area contributed by atoms with E-state index in [4.69, 9.17) is 4.74 Å². The number of imidazole rings is 1. The number of rotatable bonds is 5. The summed E-state index contributed by atoms with van der Waals surface area (Å²) in [6.45, 7) is 3.46. The Bertz CT molecular complexity index is 1200. The van der Waals surface area contributed by atoms with Gasteiger partial charge in [-0.25, -0.2) is 9.78 Å². The highest BCUT2D eigenvalue weighted by Gasteiger charge is 2.20. The van der Waals surface area contributed by atoms with Gasteiger partial charge in [-0.3, -0.25) is 9.36 Å². The number of carbonyl (C=O) groups excluding carboxylic acids is 2. The highest BCUT2D eigenvalue weighted by molar-refractivity contribution is 5.98. The molecule has 3 aromatic carbocycles. The molecule has 1 heterocycles. The molecule has 0 spiro atoms. The molecule has 6 heteroatoms. The zero-order valence-electron chi connectivity index (χ0n) is 16.7. The number of nitrogens with zero attached hydrogens (tertiary/aromatic N) is 2. The maximum Gasteiger partial charge on any atom is 0.338 e. The first kappa shape index (κ1) is 19.4. The number of benzene rings is 3. The molecule has 0 saturated carbocycles. The van der Waals surface area contributed by atoms with Crippen LogP contribution in [-0.2, 0) is 9.53 Å². The van der Waals surface area contributed by atoms with Crippen LogP contribution >= 0.6 is 0 Å². The Morgan fingerprint density at radius 3 is 2.33 bits per heavy atom. The third kappa shape index (κ3) is 3.93. The average Bonchev–Trinajstić information content (AvgIpc) is 3.09. The van der Waals surface area contributed by atoms with Gasteiger partial charge in [-0.05, 0) is 56.3 Å². The van der Waals surface area contributed by atoms with Gasteiger partial charge < -0.3 is 10.1 Å². The first-order valence-electron chi connectivity index (χ1n) is 9.64. The molecule has 0 fully saturated rings. The number of para-hydroxylation sites is 2. The third-order valence-corrected chi connectivity index (χ3v) is 4.77. The average molecular weight is 399 g/mol. The fraction of sp³-hybridized carbons (Fsp3) is 0.125. The molecule has 1 N–H and O–H groups in total. The van der Waals surface area contributed by atoms with Crippen LogP contribution in [0.3, 0.4) is 0 Å². The predicted molar refractivity (Wildman–Crippen MR) is 116 cm³/mol. The molecule has 0 aliphatic heterocycles. The van der Waals surface area contributed by atoms with E-state index < -0.39 is 12.1 Å². The summed E-state index contributed by atoms with van der Waals surface area (Å²) < 4.78 is 7.38. The van der Waals surface area contributed by atoms with Crippen LogP contribution in [0.1, 0.15) is 23.1 Å². The summed E-state index contributed by atoms with van der Waals surface area (Å²) in [7, 11) is 0. The van der Waals surface area contributed by atoms with Crippen LogP contribution in [0.2, 0.25) is 0 Å². The molecule has 30 heavy (non-hydrogen) atoms. The van der Waals surface area contributed by atoms with Crippen LogP contribution < -0.4 is 5.32 Å². The number of aryl methyl sites for hydroxylation is 1. The molecule has 0 saturated heterocycles. The van der Waals surface area contributed by atoms with E-state index in [0.29, 0.717) is 16.8 Å². The van der Waals surface area contributed by atoms with E-state index in [2.05, 4.69) is 10.3 Å². The lowest BCUT2D eigenvalue weighted by atomic mass is 10.2. The van der Waals surface area contributed by atoms with Crippen LogP contribution in [-0.4, -0.2) is 27.5 Å². The molecule has 6 nitrogen and oxygen atoms in total. The summed E-state index contributed by atoms with van der Waals surface area (Å²) in [5.41, 5.74) is 3.57. The summed E-state index contributed by atoms with van der Waals surface area (Å²) >= 11 is 0. The second-order valence-corrected chi connectivity index (χ2v) is 6.94. The number of anilines is 1. The maximum absolute atomic E-state index is 12.6. The van der Waals surface area contributed by atoms with Crippen molar-refractivity contribution in [1.82, 2.24) is 9.55 Å². The number of carbonyl (C=O) groups is 2. The van der Waals surface area contributed by atoms with Crippen molar-refractivity contribution in [2.24, 2.45) is 0 Å². The first-order valence-corrected chi connectivity index (χ1v) is 9.64. The van der Waals surface area contributed by atoms with Crippen molar-refractivity contribution >= 4 is 28.6 Å². The molecule has 4 aromatic rings. The van der Waals surface area contributed by atoms with Gasteiger partial charge in [0.05, 0.1) is 16.6 Å². The van der Waals surface area contributed by atoms with Crippen molar-refractivity contribution in [2.45, 2.75) is 20.0 Å². The molecular weight excluding hydrogens is 378 g/mol. The van der Waals surface area contributed by atoms with Crippen molar-refractivity contribution in [1.29, 1.82) is 0 Å². The smallest absolute Gasteiger partial charge is 0.338 e. The van der Waals surface area contributed by atoms with E-state index in [1.54, 1.807) is 31.2 Å². The van der Waals surface area contributed by atoms with Gasteiger partial charge in [0.2, 0.25) is 0 Å². The van der Waals surface area contributed by atoms with Crippen molar-refractivity contribution in [3.63, 3.8) is 0 Å². The minimum absolute atomic E-state index is 0.347. The molecule has 0 bridgehead atoms. The van der Waals surface area contributed by atoms with Crippen molar-refractivity contribution in [3.05, 3.63) is 90.3 Å². The maximum atomic E-state index is 12.6. The van der Waals surface area contributed by atoms with Gasteiger partial charge in [0, 0.05) is 11.4 Å². The predicted octanol–water partition coefficient (Wildman–Crippen LogP) is 4.52. The number of esters is 1. The monoisotopic (exact) mass is 399 g/mol. The Kier molecular flexibility index (Phi) is 5.30. The topological polar surface area (TPSA) is 73.2 Å². The fourth-order valence-electron chi connectivity index (χ4n) is 3.28. The van der Waals surface area contributed by atoms with E-state index in [-0.39, 0.29) is 5.91 Å². The minimum Gasteiger partial charge on any atom is -0.449 e. The second-order valence-electron chi connectivity index (χ2n) is 6.94. The summed E-state index contributed by atoms with van der Waals surface area (Å²) in [6.07, 6.45) is -0.933. The van der Waals surface area contributed by atoms with Gasteiger partial charge in [0.25, 0.3) is 5.91 Å². The zero-order valence-corrected chi connectivity index (χ0v) is 16.7. The molecule has 150 valence electrons. The largest absolute Gasteiger partial charge is 0.449 e. The SMILES string of the molecule is Cc1nc2cc(C(=O)O[C@H](C)C(=O)Nc3ccccc3)ccc2n1-c1ccccc1. The number of hydrogen-bond acceptors (Lipinski definition) is 4. The van der Waals surface area contributed by atoms with Crippen LogP contribution in [0.15, 0.2) is 78.9 Å². The molecule has 0 unspecified atom stereocenters. The number of amides is 1. The normalized spacial score (nSPS) is 11.8. The summed E-state index contributed by atoms with van der Waals surface area (Å²) in [4.78, 5) is 29.5. The van der Waals surface area contributed by atoms with Crippen molar-refractivity contribution < 1.29 is 14.3 Å². The Morgan fingerprint density at radius 2 is 1.63 bits per heavy atom. The lowest BCUT2D eigenvalue weighted by molar-refractivity contribution is -0.123. The van der Waals surface area contributed by atoms with Crippen LogP contribution in [0, 0.1) is 6.92 Å². The molecule has 0 radical (unpaired) electrons. The lowest BCUT2D eigenvalue weighted by Gasteiger charge is -2.13. The fourth-order valence-corrected chi connectivity index (χ4v) is 3.28. The highest BCUT2D eigenvalue weighted by atomic mass is 16.5. The molecule has 1 aromatic heterocycles. The Morgan fingerprint density at radius 1 is 0.967 bits per heavy atom. The molecule has 0 aliphatic carbocycles. The van der Waals surface area contributed by atoms with E-state index in [9.17, 15) is 9.59 Å². The van der Waals surface area contributed by atoms with E-state index in [1.165, 1.54) is 0 Å². The van der Waals surface area contributed by atoms with Gasteiger partial charge in [0.1, 0.15) is 5.82 Å². The van der Waals surface area contributed by atoms with Gasteiger partial charge in [0.15, 0.2) is 6.10 Å². The minimum atomic E-state index is -0.933. The van der Waals surface area contributed by atoms with Gasteiger partial charge in [-0.2, -0.15) is 0 Å². The second kappa shape index (κ2) is 8.21. The molecule has 1 atom stereocenters. The Balaban J connectivity index is 1.52. The number of nitrogens with one attached hydrogen (secondary N) is 1. The van der Waals surface area contributed by atoms with E-state index >= 15 is 0 Å². The quantitative estimate of drug-likeness (QED) is 0.501. The summed E-state index contributed by atoms with van der Waals surface area (Å²) in [6, 6.07) is 24.1. The number of hydrogen-bond donors (Lipinski definition) is 1. The van der Waals surface area contributed by atoms with Gasteiger partial charge in [-0.1, -0.05) is 36.4 Å². The standard InChI is InChI=1S/C24H21N3O3/c1-16(23(28)26-19-9-5-3-6-10-19)30-24(29)18-13-14-22-21(15-18)25-17(2)27(22)20-11-7-4-8-12-20/h3-16H,1-2H3,(H,26,28)/t16-/m1/s1. The molecule has 4 rings (SSSR count). The Hall–Kier alpha value is -3.93. The lowest BCUT2D eigenvalue weighted by Crippen LogP contribution is -2.29. The van der Waals surface area contributed by atoms with Gasteiger partial charge in [-0.15, -0.1) is 0 Å². The summed E-state index contributed by atoms with van der Waals surface area (Å²) in [5.74, 6) is -0.142. The van der Waals surface area contributed by atoms with Crippen molar-refractivity contribution in [3.8, 4) is 5.69 Å². The van der Waals surface area contributed by atoms with Crippen LogP contribution in [0.4, 0.5) is 5.69 Å². The summed E-state index contributed by atoms with van der Waals surface area (Å²) in [5, 5.41) is 2.73. The Labute approximate surface area is 174 Å². The van der Waals surface area contributed by atoms with Crippen LogP contribution in [0.25, 0.3) is 16.7 Å². The zero-order chi connectivity index (χ0) is 21.1. The first-order chi connectivity index (χ1) is 14.5. The number of aromatic nitrogens is 2. The van der Waals surface area contributed by atoms with E-state index in [0.717, 1.165) is 17.0 Å². The third-order valence-electron chi connectivity index (χ3n) is 4.77. The molecule has 0 aliphatic rings. The highest BCUT2D eigenvalue weighted by Crippen LogP contribution is 2.23. The molecule has 1 amide bonds. The van der Waals surface area contributed by atoms with Crippen LogP contribution in [0.5, 0.6) is 0 Å². The van der Waals surface area contributed by atoms with Gasteiger partial charge >= 0.3 is 5.97 Å². The van der Waals surface area contributed by atoms with E-state index in [1.807, 2.05) is 66.1 Å².